The minimum Gasteiger partial charge on any atom is -0.390 e. The highest BCUT2D eigenvalue weighted by atomic mass is 16.3. The van der Waals surface area contributed by atoms with Crippen LogP contribution in [0, 0.1) is 5.92 Å². The number of nitrogens with zero attached hydrogens (tertiary/aromatic N) is 3. The molecule has 2 atom stereocenters. The highest BCUT2D eigenvalue weighted by molar-refractivity contribution is 5.15. The lowest BCUT2D eigenvalue weighted by Crippen LogP contribution is -2.52. The maximum atomic E-state index is 10.8. The molecule has 2 aromatic rings. The highest BCUT2D eigenvalue weighted by Crippen LogP contribution is 2.39. The molecular weight excluding hydrogens is 298 g/mol. The first-order valence-corrected chi connectivity index (χ1v) is 9.21. The average Bonchev–Trinajstić information content (AvgIpc) is 3.03. The van der Waals surface area contributed by atoms with Gasteiger partial charge < -0.3 is 5.11 Å². The van der Waals surface area contributed by atoms with Gasteiger partial charge in [0.15, 0.2) is 0 Å². The van der Waals surface area contributed by atoms with Crippen molar-refractivity contribution in [3.05, 3.63) is 53.9 Å². The molecule has 0 spiro atoms. The number of aliphatic hydroxyl groups is 1. The average molecular weight is 325 g/mol. The molecule has 2 unspecified atom stereocenters. The molecule has 1 aromatic carbocycles. The normalized spacial score (nSPS) is 27.8. The molecule has 1 aliphatic heterocycles. The summed E-state index contributed by atoms with van der Waals surface area (Å²) in [5, 5.41) is 15.3. The lowest BCUT2D eigenvalue weighted by atomic mass is 9.71. The van der Waals surface area contributed by atoms with E-state index in [1.165, 1.54) is 30.4 Å². The summed E-state index contributed by atoms with van der Waals surface area (Å²) in [5.41, 5.74) is 2.16. The van der Waals surface area contributed by atoms with Crippen molar-refractivity contribution in [2.75, 3.05) is 13.1 Å². The van der Waals surface area contributed by atoms with E-state index in [0.717, 1.165) is 39.0 Å². The summed E-state index contributed by atoms with van der Waals surface area (Å²) in [4.78, 5) is 2.49. The van der Waals surface area contributed by atoms with E-state index in [4.69, 9.17) is 0 Å². The molecule has 4 heteroatoms. The van der Waals surface area contributed by atoms with E-state index in [1.807, 2.05) is 16.9 Å². The Kier molecular flexibility index (Phi) is 4.42. The second-order valence-electron chi connectivity index (χ2n) is 7.56. The zero-order valence-electron chi connectivity index (χ0n) is 14.3. The van der Waals surface area contributed by atoms with Crippen molar-refractivity contribution >= 4 is 0 Å². The van der Waals surface area contributed by atoms with Gasteiger partial charge in [0.05, 0.1) is 18.3 Å². The first-order valence-electron chi connectivity index (χ1n) is 9.21. The van der Waals surface area contributed by atoms with Gasteiger partial charge >= 0.3 is 0 Å². The van der Waals surface area contributed by atoms with Crippen LogP contribution in [0.15, 0.2) is 42.7 Å². The summed E-state index contributed by atoms with van der Waals surface area (Å²) in [5.74, 6) is 0.458. The third-order valence-electron chi connectivity index (χ3n) is 5.79. The highest BCUT2D eigenvalue weighted by Gasteiger charge is 2.42. The smallest absolute Gasteiger partial charge is 0.0700 e. The molecule has 1 aliphatic carbocycles. The van der Waals surface area contributed by atoms with Crippen molar-refractivity contribution in [3.63, 3.8) is 0 Å². The van der Waals surface area contributed by atoms with Crippen molar-refractivity contribution in [1.29, 1.82) is 0 Å². The number of hydrogen-bond acceptors (Lipinski definition) is 3. The van der Waals surface area contributed by atoms with Gasteiger partial charge in [-0.2, -0.15) is 5.10 Å². The molecular formula is C20H27N3O. The molecule has 0 radical (unpaired) electrons. The first kappa shape index (κ1) is 15.9. The molecule has 1 saturated heterocycles. The SMILES string of the molecule is OC12CCCCC1CN(Cc1cnn(Cc3ccccc3)c1)CC2. The van der Waals surface area contributed by atoms with Gasteiger partial charge in [0.2, 0.25) is 0 Å². The van der Waals surface area contributed by atoms with Crippen LogP contribution >= 0.6 is 0 Å². The summed E-state index contributed by atoms with van der Waals surface area (Å²) in [6, 6.07) is 10.4. The summed E-state index contributed by atoms with van der Waals surface area (Å²) in [6.07, 6.45) is 9.73. The van der Waals surface area contributed by atoms with Crippen molar-refractivity contribution < 1.29 is 5.11 Å². The van der Waals surface area contributed by atoms with Crippen LogP contribution < -0.4 is 0 Å². The van der Waals surface area contributed by atoms with Gasteiger partial charge in [0, 0.05) is 37.3 Å². The molecule has 0 amide bonds. The van der Waals surface area contributed by atoms with E-state index in [1.54, 1.807) is 0 Å². The first-order chi connectivity index (χ1) is 11.7. The summed E-state index contributed by atoms with van der Waals surface area (Å²) in [7, 11) is 0. The predicted molar refractivity (Wildman–Crippen MR) is 94.6 cm³/mol. The lowest BCUT2D eigenvalue weighted by molar-refractivity contribution is -0.0967. The Morgan fingerprint density at radius 1 is 1.08 bits per heavy atom. The van der Waals surface area contributed by atoms with Crippen LogP contribution in [0.4, 0.5) is 0 Å². The summed E-state index contributed by atoms with van der Waals surface area (Å²) in [6.45, 7) is 3.79. The molecule has 0 bridgehead atoms. The summed E-state index contributed by atoms with van der Waals surface area (Å²) >= 11 is 0. The van der Waals surface area contributed by atoms with E-state index in [0.29, 0.717) is 5.92 Å². The second kappa shape index (κ2) is 6.69. The maximum absolute atomic E-state index is 10.8. The number of likely N-dealkylation sites (tertiary alicyclic amines) is 1. The molecule has 2 heterocycles. The fourth-order valence-electron chi connectivity index (χ4n) is 4.39. The molecule has 4 rings (SSSR count). The van der Waals surface area contributed by atoms with E-state index < -0.39 is 0 Å². The van der Waals surface area contributed by atoms with Crippen molar-refractivity contribution in [3.8, 4) is 0 Å². The minimum absolute atomic E-state index is 0.383. The van der Waals surface area contributed by atoms with Crippen molar-refractivity contribution in [1.82, 2.24) is 14.7 Å². The van der Waals surface area contributed by atoms with Gasteiger partial charge in [-0.25, -0.2) is 0 Å². The molecule has 4 nitrogen and oxygen atoms in total. The third kappa shape index (κ3) is 3.40. The van der Waals surface area contributed by atoms with Gasteiger partial charge in [-0.3, -0.25) is 9.58 Å². The standard InChI is InChI=1S/C20H27N3O/c24-20-9-5-4-8-19(20)16-22(11-10-20)13-18-12-21-23(15-18)14-17-6-2-1-3-7-17/h1-3,6-7,12,15,19,24H,4-5,8-11,13-14,16H2. The molecule has 1 N–H and O–H groups in total. The van der Waals surface area contributed by atoms with E-state index in [2.05, 4.69) is 40.5 Å². The van der Waals surface area contributed by atoms with Gasteiger partial charge in [0.25, 0.3) is 0 Å². The van der Waals surface area contributed by atoms with E-state index >= 15 is 0 Å². The van der Waals surface area contributed by atoms with E-state index in [9.17, 15) is 5.11 Å². The number of benzene rings is 1. The quantitative estimate of drug-likeness (QED) is 0.939. The lowest BCUT2D eigenvalue weighted by Gasteiger charge is -2.47. The second-order valence-corrected chi connectivity index (χ2v) is 7.56. The van der Waals surface area contributed by atoms with Crippen LogP contribution in [-0.2, 0) is 13.1 Å². The number of rotatable bonds is 4. The Bertz CT molecular complexity index is 669. The monoisotopic (exact) mass is 325 g/mol. The fourth-order valence-corrected chi connectivity index (χ4v) is 4.39. The van der Waals surface area contributed by atoms with E-state index in [-0.39, 0.29) is 5.60 Å². The van der Waals surface area contributed by atoms with Gasteiger partial charge in [-0.15, -0.1) is 0 Å². The molecule has 2 fully saturated rings. The minimum atomic E-state index is -0.383. The molecule has 24 heavy (non-hydrogen) atoms. The number of hydrogen-bond donors (Lipinski definition) is 1. The number of piperidine rings is 1. The Hall–Kier alpha value is -1.65. The predicted octanol–water partition coefficient (Wildman–Crippen LogP) is 3.06. The summed E-state index contributed by atoms with van der Waals surface area (Å²) < 4.78 is 2.02. The molecule has 128 valence electrons. The largest absolute Gasteiger partial charge is 0.390 e. The van der Waals surface area contributed by atoms with Gasteiger partial charge in [-0.1, -0.05) is 43.2 Å². The number of fused-ring (bicyclic) bond motifs is 1. The van der Waals surface area contributed by atoms with Gasteiger partial charge in [0.1, 0.15) is 0 Å². The molecule has 2 aliphatic rings. The molecule has 1 aromatic heterocycles. The Morgan fingerprint density at radius 2 is 1.96 bits per heavy atom. The zero-order valence-corrected chi connectivity index (χ0v) is 14.3. The maximum Gasteiger partial charge on any atom is 0.0700 e. The van der Waals surface area contributed by atoms with Crippen LogP contribution in [0.5, 0.6) is 0 Å². The topological polar surface area (TPSA) is 41.3 Å². The van der Waals surface area contributed by atoms with Crippen LogP contribution in [0.2, 0.25) is 0 Å². The van der Waals surface area contributed by atoms with Gasteiger partial charge in [-0.05, 0) is 24.8 Å². The number of aromatic nitrogens is 2. The van der Waals surface area contributed by atoms with Crippen molar-refractivity contribution in [2.45, 2.75) is 50.8 Å². The van der Waals surface area contributed by atoms with Crippen LogP contribution in [-0.4, -0.2) is 38.5 Å². The molecule has 1 saturated carbocycles. The fraction of sp³-hybridized carbons (Fsp3) is 0.550. The Morgan fingerprint density at radius 3 is 2.83 bits per heavy atom. The zero-order chi connectivity index (χ0) is 16.4. The van der Waals surface area contributed by atoms with Crippen LogP contribution in [0.3, 0.4) is 0 Å². The Balaban J connectivity index is 1.36. The van der Waals surface area contributed by atoms with Crippen LogP contribution in [0.25, 0.3) is 0 Å². The Labute approximate surface area is 144 Å². The third-order valence-corrected chi connectivity index (χ3v) is 5.79. The van der Waals surface area contributed by atoms with Crippen LogP contribution in [0.1, 0.15) is 43.2 Å². The van der Waals surface area contributed by atoms with Crippen molar-refractivity contribution in [2.24, 2.45) is 5.92 Å².